The highest BCUT2D eigenvalue weighted by molar-refractivity contribution is 5.14. The van der Waals surface area contributed by atoms with E-state index in [1.807, 2.05) is 30.3 Å². The third-order valence-electron chi connectivity index (χ3n) is 1.64. The van der Waals surface area contributed by atoms with Crippen molar-refractivity contribution in [1.82, 2.24) is 5.34 Å². The lowest BCUT2D eigenvalue weighted by Crippen LogP contribution is -2.03. The molecule has 0 saturated carbocycles. The third kappa shape index (κ3) is 3.44. The summed E-state index contributed by atoms with van der Waals surface area (Å²) in [6.45, 7) is -0.158. The van der Waals surface area contributed by atoms with Crippen LogP contribution in [0.5, 0.6) is 0 Å². The number of hydrogen-bond donors (Lipinski definition) is 0. The Kier molecular flexibility index (Phi) is 3.67. The maximum Gasteiger partial charge on any atom is 0.0623 e. The van der Waals surface area contributed by atoms with Gasteiger partial charge in [-0.25, -0.2) is 0 Å². The number of hydrogen-bond acceptors (Lipinski definition) is 1. The van der Waals surface area contributed by atoms with Gasteiger partial charge in [-0.15, -0.1) is 8.96 Å². The first-order chi connectivity index (χ1) is 5.79. The second-order valence-corrected chi connectivity index (χ2v) is 2.62. The summed E-state index contributed by atoms with van der Waals surface area (Å²) in [4.78, 5) is 0. The molecular formula is C9H11F2N. The Morgan fingerprint density at radius 2 is 1.75 bits per heavy atom. The predicted octanol–water partition coefficient (Wildman–Crippen LogP) is 2.69. The molecule has 66 valence electrons. The molecule has 0 fully saturated rings. The predicted molar refractivity (Wildman–Crippen MR) is 43.7 cm³/mol. The van der Waals surface area contributed by atoms with E-state index in [0.29, 0.717) is 12.8 Å². The van der Waals surface area contributed by atoms with E-state index in [2.05, 4.69) is 0 Å². The van der Waals surface area contributed by atoms with Gasteiger partial charge < -0.3 is 0 Å². The fraction of sp³-hybridized carbons (Fsp3) is 0.333. The van der Waals surface area contributed by atoms with E-state index in [0.717, 1.165) is 5.56 Å². The van der Waals surface area contributed by atoms with Gasteiger partial charge in [-0.3, -0.25) is 0 Å². The summed E-state index contributed by atoms with van der Waals surface area (Å²) in [5.41, 5.74) is 1.11. The van der Waals surface area contributed by atoms with Crippen LogP contribution in [0.2, 0.25) is 0 Å². The molecule has 3 heteroatoms. The van der Waals surface area contributed by atoms with Crippen molar-refractivity contribution >= 4 is 0 Å². The quantitative estimate of drug-likeness (QED) is 0.629. The minimum Gasteiger partial charge on any atom is -0.102 e. The summed E-state index contributed by atoms with van der Waals surface area (Å²) in [6.07, 6.45) is 1.21. The fourth-order valence-corrected chi connectivity index (χ4v) is 1.05. The summed E-state index contributed by atoms with van der Waals surface area (Å²) in [5, 5.41) is -0.775. The van der Waals surface area contributed by atoms with E-state index in [4.69, 9.17) is 0 Å². The lowest BCUT2D eigenvalue weighted by Gasteiger charge is -2.00. The summed E-state index contributed by atoms with van der Waals surface area (Å²) in [7, 11) is 0. The molecule has 1 rings (SSSR count). The number of rotatable bonds is 4. The molecular weight excluding hydrogens is 160 g/mol. The lowest BCUT2D eigenvalue weighted by atomic mass is 10.1. The number of benzene rings is 1. The lowest BCUT2D eigenvalue weighted by molar-refractivity contribution is -0.152. The molecule has 0 spiro atoms. The maximum atomic E-state index is 11.6. The molecule has 0 N–H and O–H groups in total. The Bertz CT molecular complexity index is 211. The van der Waals surface area contributed by atoms with Gasteiger partial charge in [0.1, 0.15) is 0 Å². The highest BCUT2D eigenvalue weighted by Gasteiger charge is 1.98. The first kappa shape index (κ1) is 9.13. The van der Waals surface area contributed by atoms with Gasteiger partial charge in [0, 0.05) is 5.34 Å². The van der Waals surface area contributed by atoms with Gasteiger partial charge in [0.2, 0.25) is 0 Å². The normalized spacial score (nSPS) is 10.6. The zero-order chi connectivity index (χ0) is 8.81. The minimum absolute atomic E-state index is 0.158. The molecule has 0 aromatic heterocycles. The van der Waals surface area contributed by atoms with Crippen LogP contribution in [0.4, 0.5) is 8.96 Å². The summed E-state index contributed by atoms with van der Waals surface area (Å²) in [5.74, 6) is 0. The van der Waals surface area contributed by atoms with Crippen molar-refractivity contribution in [2.24, 2.45) is 0 Å². The zero-order valence-corrected chi connectivity index (χ0v) is 6.71. The van der Waals surface area contributed by atoms with Crippen LogP contribution >= 0.6 is 0 Å². The summed E-state index contributed by atoms with van der Waals surface area (Å²) >= 11 is 0. The van der Waals surface area contributed by atoms with Gasteiger partial charge in [-0.05, 0) is 18.4 Å². The highest BCUT2D eigenvalue weighted by atomic mass is 19.4. The van der Waals surface area contributed by atoms with Gasteiger partial charge >= 0.3 is 0 Å². The van der Waals surface area contributed by atoms with Crippen molar-refractivity contribution in [3.8, 4) is 0 Å². The van der Waals surface area contributed by atoms with Crippen molar-refractivity contribution in [2.45, 2.75) is 12.8 Å². The average molecular weight is 171 g/mol. The molecule has 0 amide bonds. The largest absolute Gasteiger partial charge is 0.102 e. The second kappa shape index (κ2) is 4.83. The summed E-state index contributed by atoms with van der Waals surface area (Å²) < 4.78 is 23.1. The van der Waals surface area contributed by atoms with E-state index >= 15 is 0 Å². The van der Waals surface area contributed by atoms with Crippen LogP contribution in [0.25, 0.3) is 0 Å². The number of nitrogens with zero attached hydrogens (tertiary/aromatic N) is 1. The molecule has 12 heavy (non-hydrogen) atoms. The zero-order valence-electron chi connectivity index (χ0n) is 6.71. The molecule has 0 atom stereocenters. The molecule has 0 aliphatic rings. The van der Waals surface area contributed by atoms with Crippen LogP contribution < -0.4 is 0 Å². The van der Waals surface area contributed by atoms with Crippen molar-refractivity contribution in [3.05, 3.63) is 35.9 Å². The first-order valence-electron chi connectivity index (χ1n) is 3.92. The Morgan fingerprint density at radius 3 is 2.33 bits per heavy atom. The molecule has 0 aliphatic carbocycles. The molecule has 0 unspecified atom stereocenters. The van der Waals surface area contributed by atoms with Crippen LogP contribution in [-0.4, -0.2) is 11.9 Å². The van der Waals surface area contributed by atoms with E-state index in [9.17, 15) is 8.96 Å². The van der Waals surface area contributed by atoms with Crippen molar-refractivity contribution in [3.63, 3.8) is 0 Å². The Labute approximate surface area is 70.5 Å². The van der Waals surface area contributed by atoms with Crippen molar-refractivity contribution < 1.29 is 8.96 Å². The molecule has 0 radical (unpaired) electrons. The SMILES string of the molecule is FN(F)CCCc1ccccc1. The molecule has 0 aliphatic heterocycles. The maximum absolute atomic E-state index is 11.6. The fourth-order valence-electron chi connectivity index (χ4n) is 1.05. The van der Waals surface area contributed by atoms with Crippen LogP contribution in [0.15, 0.2) is 30.3 Å². The number of aryl methyl sites for hydroxylation is 1. The molecule has 0 heterocycles. The number of halogens is 2. The molecule has 0 bridgehead atoms. The Hall–Kier alpha value is -0.960. The topological polar surface area (TPSA) is 3.24 Å². The van der Waals surface area contributed by atoms with Crippen LogP contribution in [0.3, 0.4) is 0 Å². The van der Waals surface area contributed by atoms with Gasteiger partial charge in [-0.2, -0.15) is 0 Å². The van der Waals surface area contributed by atoms with Crippen LogP contribution in [0, 0.1) is 0 Å². The van der Waals surface area contributed by atoms with E-state index in [1.54, 1.807) is 0 Å². The third-order valence-corrected chi connectivity index (χ3v) is 1.64. The Morgan fingerprint density at radius 1 is 1.08 bits per heavy atom. The van der Waals surface area contributed by atoms with Crippen LogP contribution in [0.1, 0.15) is 12.0 Å². The highest BCUT2D eigenvalue weighted by Crippen LogP contribution is 2.03. The summed E-state index contributed by atoms with van der Waals surface area (Å²) in [6, 6.07) is 9.64. The molecule has 1 aromatic carbocycles. The van der Waals surface area contributed by atoms with Gasteiger partial charge in [-0.1, -0.05) is 30.3 Å². The standard InChI is InChI=1S/C9H11F2N/c10-12(11)8-4-7-9-5-2-1-3-6-9/h1-3,5-6H,4,7-8H2. The first-order valence-corrected chi connectivity index (χ1v) is 3.92. The van der Waals surface area contributed by atoms with Crippen molar-refractivity contribution in [1.29, 1.82) is 0 Å². The second-order valence-electron chi connectivity index (χ2n) is 2.62. The van der Waals surface area contributed by atoms with E-state index in [1.165, 1.54) is 0 Å². The molecule has 0 saturated heterocycles. The smallest absolute Gasteiger partial charge is 0.0623 e. The van der Waals surface area contributed by atoms with Gasteiger partial charge in [0.15, 0.2) is 0 Å². The monoisotopic (exact) mass is 171 g/mol. The van der Waals surface area contributed by atoms with E-state index in [-0.39, 0.29) is 6.54 Å². The van der Waals surface area contributed by atoms with Gasteiger partial charge in [0.25, 0.3) is 0 Å². The van der Waals surface area contributed by atoms with Gasteiger partial charge in [0.05, 0.1) is 6.54 Å². The van der Waals surface area contributed by atoms with Crippen molar-refractivity contribution in [2.75, 3.05) is 6.54 Å². The van der Waals surface area contributed by atoms with Crippen LogP contribution in [-0.2, 0) is 6.42 Å². The van der Waals surface area contributed by atoms with E-state index < -0.39 is 5.34 Å². The minimum atomic E-state index is -0.775. The molecule has 1 nitrogen and oxygen atoms in total. The Balaban J connectivity index is 2.25. The average Bonchev–Trinajstić information content (AvgIpc) is 2.05. The molecule has 1 aromatic rings.